The quantitative estimate of drug-likeness (QED) is 0.601. The second-order valence-corrected chi connectivity index (χ2v) is 5.83. The summed E-state index contributed by atoms with van der Waals surface area (Å²) in [6.45, 7) is 5.85. The normalized spacial score (nSPS) is 16.8. The number of thioether (sulfide) groups is 1. The van der Waals surface area contributed by atoms with Gasteiger partial charge in [0, 0.05) is 22.7 Å². The Morgan fingerprint density at radius 1 is 1.62 bits per heavy atom. The van der Waals surface area contributed by atoms with E-state index in [2.05, 4.69) is 16.9 Å². The van der Waals surface area contributed by atoms with Crippen molar-refractivity contribution in [2.75, 3.05) is 6.61 Å². The topological polar surface area (TPSA) is 72.0 Å². The molecule has 0 amide bonds. The maximum atomic E-state index is 9.09. The van der Waals surface area contributed by atoms with Gasteiger partial charge in [0.25, 0.3) is 0 Å². The van der Waals surface area contributed by atoms with Crippen molar-refractivity contribution in [3.63, 3.8) is 0 Å². The molecule has 1 rings (SSSR count). The Kier molecular flexibility index (Phi) is 4.70. The molecular weight excluding hydrogens is 222 g/mol. The number of aliphatic hydroxyl groups is 1. The highest BCUT2D eigenvalue weighted by Crippen LogP contribution is 2.25. The van der Waals surface area contributed by atoms with Crippen LogP contribution in [0.3, 0.4) is 0 Å². The van der Waals surface area contributed by atoms with E-state index >= 15 is 0 Å². The molecule has 90 valence electrons. The average molecular weight is 241 g/mol. The van der Waals surface area contributed by atoms with Gasteiger partial charge in [0.1, 0.15) is 0 Å². The minimum Gasteiger partial charge on any atom is -0.394 e. The zero-order chi connectivity index (χ0) is 12.2. The summed E-state index contributed by atoms with van der Waals surface area (Å²) in [6, 6.07) is 1.87. The molecular formula is C11H19N3OS. The number of nitrogens with two attached hydrogens (primary N) is 1. The van der Waals surface area contributed by atoms with E-state index in [4.69, 9.17) is 10.8 Å². The number of hydrogen-bond acceptors (Lipinski definition) is 5. The van der Waals surface area contributed by atoms with Crippen molar-refractivity contribution < 1.29 is 5.11 Å². The Balaban J connectivity index is 2.55. The first-order valence-corrected chi connectivity index (χ1v) is 6.17. The van der Waals surface area contributed by atoms with Crippen LogP contribution in [0.25, 0.3) is 0 Å². The second kappa shape index (κ2) is 5.61. The lowest BCUT2D eigenvalue weighted by atomic mass is 9.99. The molecule has 0 aliphatic rings. The monoisotopic (exact) mass is 241 g/mol. The molecule has 4 nitrogen and oxygen atoms in total. The van der Waals surface area contributed by atoms with Crippen LogP contribution in [-0.4, -0.2) is 32.5 Å². The average Bonchev–Trinajstić information content (AvgIpc) is 2.16. The minimum absolute atomic E-state index is 0.00737. The highest BCUT2D eigenvalue weighted by molar-refractivity contribution is 7.99. The van der Waals surface area contributed by atoms with Crippen LogP contribution in [0.15, 0.2) is 17.4 Å². The van der Waals surface area contributed by atoms with Gasteiger partial charge in [-0.3, -0.25) is 0 Å². The third-order valence-electron chi connectivity index (χ3n) is 2.19. The van der Waals surface area contributed by atoms with Crippen molar-refractivity contribution in [1.82, 2.24) is 9.97 Å². The van der Waals surface area contributed by atoms with Gasteiger partial charge in [0.15, 0.2) is 5.16 Å². The van der Waals surface area contributed by atoms with Gasteiger partial charge in [-0.15, -0.1) is 0 Å². The molecule has 0 saturated heterocycles. The Hall–Kier alpha value is -0.650. The number of nitrogens with zero attached hydrogens (tertiary/aromatic N) is 2. The van der Waals surface area contributed by atoms with Gasteiger partial charge in [-0.1, -0.05) is 18.7 Å². The molecule has 1 aromatic heterocycles. The minimum atomic E-state index is -0.532. The van der Waals surface area contributed by atoms with Crippen molar-refractivity contribution in [3.8, 4) is 0 Å². The fourth-order valence-corrected chi connectivity index (χ4v) is 2.57. The van der Waals surface area contributed by atoms with Crippen LogP contribution in [0, 0.1) is 6.92 Å². The van der Waals surface area contributed by atoms with Gasteiger partial charge in [-0.2, -0.15) is 0 Å². The van der Waals surface area contributed by atoms with Crippen molar-refractivity contribution in [2.24, 2.45) is 5.73 Å². The maximum Gasteiger partial charge on any atom is 0.187 e. The lowest BCUT2D eigenvalue weighted by Crippen LogP contribution is -2.42. The predicted octanol–water partition coefficient (Wildman–Crippen LogP) is 1.37. The SMILES string of the molecule is Cc1ccnc(SC(C)CC(C)(N)CO)n1. The summed E-state index contributed by atoms with van der Waals surface area (Å²) >= 11 is 1.59. The summed E-state index contributed by atoms with van der Waals surface area (Å²) in [7, 11) is 0. The van der Waals surface area contributed by atoms with Gasteiger partial charge in [-0.05, 0) is 26.3 Å². The molecule has 0 bridgehead atoms. The van der Waals surface area contributed by atoms with E-state index < -0.39 is 5.54 Å². The van der Waals surface area contributed by atoms with E-state index in [1.54, 1.807) is 18.0 Å². The maximum absolute atomic E-state index is 9.09. The highest BCUT2D eigenvalue weighted by Gasteiger charge is 2.21. The largest absolute Gasteiger partial charge is 0.394 e. The summed E-state index contributed by atoms with van der Waals surface area (Å²) in [5, 5.41) is 10.1. The zero-order valence-corrected chi connectivity index (χ0v) is 10.8. The van der Waals surface area contributed by atoms with Crippen LogP contribution < -0.4 is 5.73 Å². The Labute approximate surface area is 101 Å². The molecule has 0 saturated carbocycles. The smallest absolute Gasteiger partial charge is 0.187 e. The molecule has 1 aromatic rings. The van der Waals surface area contributed by atoms with Crippen molar-refractivity contribution in [1.29, 1.82) is 0 Å². The molecule has 0 spiro atoms. The van der Waals surface area contributed by atoms with Gasteiger partial charge in [0.2, 0.25) is 0 Å². The van der Waals surface area contributed by atoms with Crippen LogP contribution in [0.2, 0.25) is 0 Å². The Bertz CT molecular complexity index is 344. The molecule has 0 aliphatic heterocycles. The van der Waals surface area contributed by atoms with E-state index in [1.165, 1.54) is 0 Å². The number of rotatable bonds is 5. The molecule has 2 atom stereocenters. The number of hydrogen-bond donors (Lipinski definition) is 2. The molecule has 0 aliphatic carbocycles. The summed E-state index contributed by atoms with van der Waals surface area (Å²) in [4.78, 5) is 8.50. The number of aromatic nitrogens is 2. The molecule has 2 unspecified atom stereocenters. The molecule has 16 heavy (non-hydrogen) atoms. The Morgan fingerprint density at radius 2 is 2.31 bits per heavy atom. The fraction of sp³-hybridized carbons (Fsp3) is 0.636. The molecule has 3 N–H and O–H groups in total. The second-order valence-electron chi connectivity index (χ2n) is 4.43. The lowest BCUT2D eigenvalue weighted by Gasteiger charge is -2.24. The Morgan fingerprint density at radius 3 is 2.88 bits per heavy atom. The van der Waals surface area contributed by atoms with E-state index in [-0.39, 0.29) is 11.9 Å². The van der Waals surface area contributed by atoms with E-state index in [0.717, 1.165) is 17.3 Å². The van der Waals surface area contributed by atoms with E-state index in [1.807, 2.05) is 19.9 Å². The van der Waals surface area contributed by atoms with Crippen LogP contribution in [0.1, 0.15) is 26.0 Å². The summed E-state index contributed by atoms with van der Waals surface area (Å²) in [5.74, 6) is 0. The molecule has 1 heterocycles. The third-order valence-corrected chi connectivity index (χ3v) is 3.17. The van der Waals surface area contributed by atoms with Crippen LogP contribution in [0.4, 0.5) is 0 Å². The molecule has 0 fully saturated rings. The van der Waals surface area contributed by atoms with E-state index in [0.29, 0.717) is 0 Å². The van der Waals surface area contributed by atoms with Gasteiger partial charge < -0.3 is 10.8 Å². The standard InChI is InChI=1S/C11H19N3OS/c1-8-4-5-13-10(14-8)16-9(2)6-11(3,12)7-15/h4-5,9,15H,6-7,12H2,1-3H3. The first-order chi connectivity index (χ1) is 7.43. The lowest BCUT2D eigenvalue weighted by molar-refractivity contribution is 0.201. The summed E-state index contributed by atoms with van der Waals surface area (Å²) < 4.78 is 0. The highest BCUT2D eigenvalue weighted by atomic mass is 32.2. The molecule has 0 aromatic carbocycles. The van der Waals surface area contributed by atoms with Crippen LogP contribution >= 0.6 is 11.8 Å². The van der Waals surface area contributed by atoms with E-state index in [9.17, 15) is 0 Å². The van der Waals surface area contributed by atoms with Crippen LogP contribution in [-0.2, 0) is 0 Å². The summed E-state index contributed by atoms with van der Waals surface area (Å²) in [6.07, 6.45) is 2.48. The van der Waals surface area contributed by atoms with Gasteiger partial charge in [-0.25, -0.2) is 9.97 Å². The first kappa shape index (κ1) is 13.4. The van der Waals surface area contributed by atoms with Gasteiger partial charge >= 0.3 is 0 Å². The zero-order valence-electron chi connectivity index (χ0n) is 9.97. The molecule has 5 heteroatoms. The molecule has 0 radical (unpaired) electrons. The number of aryl methyl sites for hydroxylation is 1. The third kappa shape index (κ3) is 4.47. The summed E-state index contributed by atoms with van der Waals surface area (Å²) in [5.41, 5.74) is 6.33. The predicted molar refractivity (Wildman–Crippen MR) is 66.4 cm³/mol. The van der Waals surface area contributed by atoms with Crippen LogP contribution in [0.5, 0.6) is 0 Å². The van der Waals surface area contributed by atoms with Crippen molar-refractivity contribution in [3.05, 3.63) is 18.0 Å². The first-order valence-electron chi connectivity index (χ1n) is 5.29. The van der Waals surface area contributed by atoms with Gasteiger partial charge in [0.05, 0.1) is 6.61 Å². The van der Waals surface area contributed by atoms with Crippen molar-refractivity contribution in [2.45, 2.75) is 43.1 Å². The van der Waals surface area contributed by atoms with Crippen molar-refractivity contribution >= 4 is 11.8 Å². The number of aliphatic hydroxyl groups excluding tert-OH is 1. The fourth-order valence-electron chi connectivity index (χ4n) is 1.43.